The van der Waals surface area contributed by atoms with Gasteiger partial charge in [0, 0.05) is 6.07 Å². The second-order valence-electron chi connectivity index (χ2n) is 4.08. The molecule has 98 valence electrons. The molecule has 1 aromatic heterocycles. The summed E-state index contributed by atoms with van der Waals surface area (Å²) in [5, 5.41) is 0. The van der Waals surface area contributed by atoms with Crippen LogP contribution >= 0.6 is 0 Å². The van der Waals surface area contributed by atoms with Crippen molar-refractivity contribution in [2.24, 2.45) is 0 Å². The molecule has 18 heavy (non-hydrogen) atoms. The molecular weight excluding hydrogens is 230 g/mol. The van der Waals surface area contributed by atoms with Gasteiger partial charge in [-0.1, -0.05) is 13.8 Å². The van der Waals surface area contributed by atoms with Gasteiger partial charge in [0.25, 0.3) is 0 Å². The van der Waals surface area contributed by atoms with Gasteiger partial charge in [-0.2, -0.15) is 0 Å². The molecule has 2 heterocycles. The van der Waals surface area contributed by atoms with Gasteiger partial charge in [0.1, 0.15) is 11.3 Å². The Morgan fingerprint density at radius 1 is 1.28 bits per heavy atom. The molecular formula is C14H19NO3. The minimum absolute atomic E-state index is 0.318. The highest BCUT2D eigenvalue weighted by molar-refractivity contribution is 5.76. The Morgan fingerprint density at radius 3 is 2.56 bits per heavy atom. The summed E-state index contributed by atoms with van der Waals surface area (Å²) >= 11 is 0. The molecule has 0 aliphatic carbocycles. The molecule has 0 radical (unpaired) electrons. The first-order valence-electron chi connectivity index (χ1n) is 6.31. The van der Waals surface area contributed by atoms with E-state index in [1.54, 1.807) is 7.11 Å². The van der Waals surface area contributed by atoms with Gasteiger partial charge in [-0.25, -0.2) is 4.98 Å². The topological polar surface area (TPSA) is 44.5 Å². The van der Waals surface area contributed by atoms with Crippen molar-refractivity contribution in [1.29, 1.82) is 0 Å². The number of aromatic nitrogens is 1. The summed E-state index contributed by atoms with van der Waals surface area (Å²) in [4.78, 5) is 4.46. The van der Waals surface area contributed by atoms with Gasteiger partial charge in [-0.15, -0.1) is 0 Å². The number of rotatable bonds is 2. The minimum Gasteiger partial charge on any atom is -0.496 e. The number of aryl methyl sites for hydroxylation is 1. The van der Waals surface area contributed by atoms with Gasteiger partial charge in [0.05, 0.1) is 26.2 Å². The number of nitrogens with zero attached hydrogens (tertiary/aromatic N) is 1. The van der Waals surface area contributed by atoms with Crippen molar-refractivity contribution in [3.05, 3.63) is 23.6 Å². The summed E-state index contributed by atoms with van der Waals surface area (Å²) in [6, 6.07) is 3.88. The van der Waals surface area contributed by atoms with Gasteiger partial charge >= 0.3 is 0 Å². The van der Waals surface area contributed by atoms with E-state index < -0.39 is 0 Å². The van der Waals surface area contributed by atoms with Crippen molar-refractivity contribution in [3.63, 3.8) is 0 Å². The van der Waals surface area contributed by atoms with E-state index >= 15 is 0 Å². The standard InChI is InChI=1S/C12H13NO3.C2H6/c1-7-3-11-9(4-10(7)14-2)13-12(16-11)8-5-15-6-8;1-2/h3-4,8H,5-6H2,1-2H3;1-2H3. The van der Waals surface area contributed by atoms with Crippen LogP contribution in [0.25, 0.3) is 11.1 Å². The first-order chi connectivity index (χ1) is 8.78. The van der Waals surface area contributed by atoms with E-state index in [-0.39, 0.29) is 0 Å². The molecule has 0 bridgehead atoms. The van der Waals surface area contributed by atoms with Crippen LogP contribution in [0.15, 0.2) is 16.5 Å². The van der Waals surface area contributed by atoms with Crippen molar-refractivity contribution >= 4 is 11.1 Å². The molecule has 0 N–H and O–H groups in total. The highest BCUT2D eigenvalue weighted by Crippen LogP contribution is 2.30. The second kappa shape index (κ2) is 5.40. The monoisotopic (exact) mass is 249 g/mol. The number of hydrogen-bond donors (Lipinski definition) is 0. The van der Waals surface area contributed by atoms with Crippen molar-refractivity contribution in [3.8, 4) is 5.75 Å². The van der Waals surface area contributed by atoms with Crippen molar-refractivity contribution < 1.29 is 13.9 Å². The Balaban J connectivity index is 0.000000574. The van der Waals surface area contributed by atoms with E-state index in [1.165, 1.54) is 0 Å². The lowest BCUT2D eigenvalue weighted by Crippen LogP contribution is -2.25. The average Bonchev–Trinajstić information content (AvgIpc) is 2.70. The Hall–Kier alpha value is -1.55. The normalized spacial score (nSPS) is 14.9. The fourth-order valence-corrected chi connectivity index (χ4v) is 1.85. The van der Waals surface area contributed by atoms with E-state index in [2.05, 4.69) is 4.98 Å². The molecule has 0 amide bonds. The molecule has 0 saturated carbocycles. The molecule has 4 nitrogen and oxygen atoms in total. The van der Waals surface area contributed by atoms with Crippen LogP contribution < -0.4 is 4.74 Å². The Bertz CT molecular complexity index is 529. The largest absolute Gasteiger partial charge is 0.496 e. The first-order valence-corrected chi connectivity index (χ1v) is 6.31. The van der Waals surface area contributed by atoms with E-state index in [1.807, 2.05) is 32.9 Å². The lowest BCUT2D eigenvalue weighted by atomic mass is 10.1. The van der Waals surface area contributed by atoms with Crippen molar-refractivity contribution in [2.75, 3.05) is 20.3 Å². The average molecular weight is 249 g/mol. The molecule has 1 aromatic carbocycles. The minimum atomic E-state index is 0.318. The number of oxazole rings is 1. The maximum absolute atomic E-state index is 5.71. The molecule has 0 unspecified atom stereocenters. The summed E-state index contributed by atoms with van der Waals surface area (Å²) in [6.45, 7) is 7.42. The molecule has 1 aliphatic heterocycles. The molecule has 1 fully saturated rings. The molecule has 0 spiro atoms. The first kappa shape index (κ1) is 12.9. The van der Waals surface area contributed by atoms with Crippen LogP contribution in [0, 0.1) is 6.92 Å². The van der Waals surface area contributed by atoms with Crippen LogP contribution in [0.4, 0.5) is 0 Å². The van der Waals surface area contributed by atoms with Gasteiger partial charge < -0.3 is 13.9 Å². The van der Waals surface area contributed by atoms with Crippen LogP contribution in [0.5, 0.6) is 5.75 Å². The molecule has 1 saturated heterocycles. The third-order valence-corrected chi connectivity index (χ3v) is 2.91. The third kappa shape index (κ3) is 2.20. The molecule has 4 heteroatoms. The summed E-state index contributed by atoms with van der Waals surface area (Å²) in [5.74, 6) is 1.94. The zero-order valence-electron chi connectivity index (χ0n) is 11.3. The molecule has 2 aromatic rings. The molecule has 1 aliphatic rings. The number of methoxy groups -OCH3 is 1. The van der Waals surface area contributed by atoms with Crippen LogP contribution in [-0.4, -0.2) is 25.3 Å². The number of benzene rings is 1. The van der Waals surface area contributed by atoms with Gasteiger partial charge in [-0.05, 0) is 18.6 Å². The highest BCUT2D eigenvalue weighted by Gasteiger charge is 2.26. The maximum Gasteiger partial charge on any atom is 0.203 e. The van der Waals surface area contributed by atoms with Gasteiger partial charge in [-0.3, -0.25) is 0 Å². The summed E-state index contributed by atoms with van der Waals surface area (Å²) in [5.41, 5.74) is 2.73. The fourth-order valence-electron chi connectivity index (χ4n) is 1.85. The lowest BCUT2D eigenvalue weighted by Gasteiger charge is -2.22. The number of ether oxygens (including phenoxy) is 2. The quantitative estimate of drug-likeness (QED) is 0.819. The zero-order valence-corrected chi connectivity index (χ0v) is 11.3. The van der Waals surface area contributed by atoms with Gasteiger partial charge in [0.15, 0.2) is 5.58 Å². The predicted octanol–water partition coefficient (Wildman–Crippen LogP) is 3.28. The van der Waals surface area contributed by atoms with E-state index in [0.29, 0.717) is 19.1 Å². The number of fused-ring (bicyclic) bond motifs is 1. The Morgan fingerprint density at radius 2 is 2.00 bits per heavy atom. The van der Waals surface area contributed by atoms with Crippen LogP contribution in [0.1, 0.15) is 31.2 Å². The van der Waals surface area contributed by atoms with E-state index in [0.717, 1.165) is 28.3 Å². The summed E-state index contributed by atoms with van der Waals surface area (Å²) < 4.78 is 16.1. The van der Waals surface area contributed by atoms with Crippen molar-refractivity contribution in [1.82, 2.24) is 4.98 Å². The fraction of sp³-hybridized carbons (Fsp3) is 0.500. The highest BCUT2D eigenvalue weighted by atomic mass is 16.5. The summed E-state index contributed by atoms with van der Waals surface area (Å²) in [7, 11) is 1.66. The van der Waals surface area contributed by atoms with E-state index in [4.69, 9.17) is 13.9 Å². The van der Waals surface area contributed by atoms with Crippen LogP contribution in [0.3, 0.4) is 0 Å². The van der Waals surface area contributed by atoms with Crippen molar-refractivity contribution in [2.45, 2.75) is 26.7 Å². The van der Waals surface area contributed by atoms with Crippen LogP contribution in [0.2, 0.25) is 0 Å². The predicted molar refractivity (Wildman–Crippen MR) is 70.2 cm³/mol. The smallest absolute Gasteiger partial charge is 0.203 e. The summed E-state index contributed by atoms with van der Waals surface area (Å²) in [6.07, 6.45) is 0. The van der Waals surface area contributed by atoms with Crippen LogP contribution in [-0.2, 0) is 4.74 Å². The lowest BCUT2D eigenvalue weighted by molar-refractivity contribution is -0.00172. The number of hydrogen-bond acceptors (Lipinski definition) is 4. The maximum atomic E-state index is 5.71. The second-order valence-corrected chi connectivity index (χ2v) is 4.08. The Labute approximate surface area is 107 Å². The SMILES string of the molecule is CC.COc1cc2nc(C3COC3)oc2cc1C. The van der Waals surface area contributed by atoms with Gasteiger partial charge in [0.2, 0.25) is 5.89 Å². The van der Waals surface area contributed by atoms with E-state index in [9.17, 15) is 0 Å². The Kier molecular flexibility index (Phi) is 3.87. The molecule has 3 rings (SSSR count). The molecule has 0 atom stereocenters. The third-order valence-electron chi connectivity index (χ3n) is 2.91. The zero-order chi connectivity index (χ0) is 13.1.